The van der Waals surface area contributed by atoms with E-state index in [9.17, 15) is 9.59 Å². The number of hydrogen-bond acceptors (Lipinski definition) is 5. The van der Waals surface area contributed by atoms with Gasteiger partial charge in [0, 0.05) is 6.54 Å². The van der Waals surface area contributed by atoms with Crippen LogP contribution < -0.4 is 0 Å². The SMILES string of the molecule is COC(=O)C1COCCN1C(=O)c1cc(C)oc1C. The second kappa shape index (κ2) is 5.44. The third kappa shape index (κ3) is 2.63. The van der Waals surface area contributed by atoms with E-state index in [0.717, 1.165) is 0 Å². The van der Waals surface area contributed by atoms with Gasteiger partial charge in [-0.05, 0) is 19.9 Å². The van der Waals surface area contributed by atoms with Gasteiger partial charge in [-0.2, -0.15) is 0 Å². The quantitative estimate of drug-likeness (QED) is 0.745. The molecule has 0 radical (unpaired) electrons. The van der Waals surface area contributed by atoms with E-state index < -0.39 is 12.0 Å². The maximum Gasteiger partial charge on any atom is 0.331 e. The Balaban J connectivity index is 2.25. The molecule has 19 heavy (non-hydrogen) atoms. The fourth-order valence-corrected chi connectivity index (χ4v) is 2.18. The number of nitrogens with zero attached hydrogens (tertiary/aromatic N) is 1. The Labute approximate surface area is 111 Å². The topological polar surface area (TPSA) is 69.0 Å². The minimum absolute atomic E-state index is 0.161. The molecular formula is C13H17NO5. The molecule has 0 spiro atoms. The van der Waals surface area contributed by atoms with Crippen molar-refractivity contribution in [3.63, 3.8) is 0 Å². The molecule has 2 heterocycles. The average molecular weight is 267 g/mol. The van der Waals surface area contributed by atoms with Gasteiger partial charge in [0.1, 0.15) is 11.5 Å². The van der Waals surface area contributed by atoms with E-state index in [4.69, 9.17) is 13.9 Å². The van der Waals surface area contributed by atoms with Crippen molar-refractivity contribution >= 4 is 11.9 Å². The van der Waals surface area contributed by atoms with E-state index in [1.54, 1.807) is 19.9 Å². The largest absolute Gasteiger partial charge is 0.467 e. The Hall–Kier alpha value is -1.82. The molecule has 1 fully saturated rings. The Kier molecular flexibility index (Phi) is 3.90. The Bertz CT molecular complexity index is 493. The van der Waals surface area contributed by atoms with Crippen LogP contribution in [0.3, 0.4) is 0 Å². The van der Waals surface area contributed by atoms with Crippen molar-refractivity contribution < 1.29 is 23.5 Å². The summed E-state index contributed by atoms with van der Waals surface area (Å²) < 4.78 is 15.3. The van der Waals surface area contributed by atoms with Gasteiger partial charge in [0.05, 0.1) is 25.9 Å². The number of morpholine rings is 1. The molecule has 1 aromatic rings. The number of aryl methyl sites for hydroxylation is 2. The number of rotatable bonds is 2. The molecular weight excluding hydrogens is 250 g/mol. The van der Waals surface area contributed by atoms with Crippen LogP contribution in [0, 0.1) is 13.8 Å². The lowest BCUT2D eigenvalue weighted by Crippen LogP contribution is -2.53. The van der Waals surface area contributed by atoms with Gasteiger partial charge in [-0.15, -0.1) is 0 Å². The summed E-state index contributed by atoms with van der Waals surface area (Å²) in [7, 11) is 1.30. The Morgan fingerprint density at radius 3 is 2.74 bits per heavy atom. The lowest BCUT2D eigenvalue weighted by atomic mass is 10.1. The average Bonchev–Trinajstić information content (AvgIpc) is 2.76. The van der Waals surface area contributed by atoms with Gasteiger partial charge >= 0.3 is 5.97 Å². The highest BCUT2D eigenvalue weighted by Gasteiger charge is 2.35. The molecule has 6 heteroatoms. The lowest BCUT2D eigenvalue weighted by Gasteiger charge is -2.33. The van der Waals surface area contributed by atoms with Crippen LogP contribution >= 0.6 is 0 Å². The molecule has 0 N–H and O–H groups in total. The number of hydrogen-bond donors (Lipinski definition) is 0. The molecule has 0 aliphatic carbocycles. The van der Waals surface area contributed by atoms with Crippen LogP contribution in [0.5, 0.6) is 0 Å². The van der Waals surface area contributed by atoms with Crippen LogP contribution in [0.25, 0.3) is 0 Å². The lowest BCUT2D eigenvalue weighted by molar-refractivity contribution is -0.151. The third-order valence-electron chi connectivity index (χ3n) is 3.13. The van der Waals surface area contributed by atoms with Crippen LogP contribution in [-0.4, -0.2) is 49.7 Å². The van der Waals surface area contributed by atoms with E-state index >= 15 is 0 Å². The predicted molar refractivity (Wildman–Crippen MR) is 65.8 cm³/mol. The third-order valence-corrected chi connectivity index (χ3v) is 3.13. The van der Waals surface area contributed by atoms with Crippen molar-refractivity contribution in [1.29, 1.82) is 0 Å². The molecule has 1 aromatic heterocycles. The zero-order valence-corrected chi connectivity index (χ0v) is 11.3. The van der Waals surface area contributed by atoms with Crippen molar-refractivity contribution in [3.8, 4) is 0 Å². The maximum atomic E-state index is 12.5. The van der Waals surface area contributed by atoms with Crippen molar-refractivity contribution in [2.75, 3.05) is 26.9 Å². The highest BCUT2D eigenvalue weighted by Crippen LogP contribution is 2.19. The number of carbonyl (C=O) groups is 2. The van der Waals surface area contributed by atoms with E-state index in [1.165, 1.54) is 12.0 Å². The highest BCUT2D eigenvalue weighted by molar-refractivity contribution is 5.97. The smallest absolute Gasteiger partial charge is 0.331 e. The maximum absolute atomic E-state index is 12.5. The Morgan fingerprint density at radius 1 is 1.42 bits per heavy atom. The summed E-state index contributed by atoms with van der Waals surface area (Å²) in [5.41, 5.74) is 0.480. The van der Waals surface area contributed by atoms with Gasteiger partial charge in [0.15, 0.2) is 6.04 Å². The summed E-state index contributed by atoms with van der Waals surface area (Å²) in [6.45, 7) is 4.44. The first kappa shape index (κ1) is 13.6. The van der Waals surface area contributed by atoms with E-state index in [0.29, 0.717) is 30.2 Å². The molecule has 1 aliphatic heterocycles. The number of carbonyl (C=O) groups excluding carboxylic acids is 2. The summed E-state index contributed by atoms with van der Waals surface area (Å²) in [6.07, 6.45) is 0. The van der Waals surface area contributed by atoms with Crippen LogP contribution in [0.2, 0.25) is 0 Å². The van der Waals surface area contributed by atoms with Gasteiger partial charge < -0.3 is 18.8 Å². The van der Waals surface area contributed by atoms with Crippen molar-refractivity contribution in [1.82, 2.24) is 4.90 Å². The Morgan fingerprint density at radius 2 is 2.16 bits per heavy atom. The molecule has 6 nitrogen and oxygen atoms in total. The summed E-state index contributed by atoms with van der Waals surface area (Å²) in [5, 5.41) is 0. The molecule has 1 aliphatic rings. The monoisotopic (exact) mass is 267 g/mol. The zero-order chi connectivity index (χ0) is 14.0. The molecule has 0 saturated carbocycles. The molecule has 2 rings (SSSR count). The van der Waals surface area contributed by atoms with Crippen LogP contribution in [0.4, 0.5) is 0 Å². The first-order valence-electron chi connectivity index (χ1n) is 6.08. The fourth-order valence-electron chi connectivity index (χ4n) is 2.18. The van der Waals surface area contributed by atoms with E-state index in [1.807, 2.05) is 0 Å². The highest BCUT2D eigenvalue weighted by atomic mass is 16.5. The summed E-state index contributed by atoms with van der Waals surface area (Å²) in [6, 6.07) is 0.988. The molecule has 1 atom stereocenters. The second-order valence-electron chi connectivity index (χ2n) is 4.44. The van der Waals surface area contributed by atoms with Gasteiger partial charge in [-0.25, -0.2) is 4.79 Å². The van der Waals surface area contributed by atoms with Gasteiger partial charge in [-0.3, -0.25) is 4.79 Å². The van der Waals surface area contributed by atoms with Gasteiger partial charge in [-0.1, -0.05) is 0 Å². The van der Waals surface area contributed by atoms with Crippen LogP contribution in [0.1, 0.15) is 21.9 Å². The fraction of sp³-hybridized carbons (Fsp3) is 0.538. The van der Waals surface area contributed by atoms with Crippen molar-refractivity contribution in [2.45, 2.75) is 19.9 Å². The molecule has 1 saturated heterocycles. The summed E-state index contributed by atoms with van der Waals surface area (Å²) in [5.74, 6) is 0.528. The van der Waals surface area contributed by atoms with Crippen LogP contribution in [0.15, 0.2) is 10.5 Å². The van der Waals surface area contributed by atoms with Crippen molar-refractivity contribution in [2.24, 2.45) is 0 Å². The number of ether oxygens (including phenoxy) is 2. The zero-order valence-electron chi connectivity index (χ0n) is 11.3. The number of furan rings is 1. The van der Waals surface area contributed by atoms with E-state index in [2.05, 4.69) is 0 Å². The minimum atomic E-state index is -0.694. The van der Waals surface area contributed by atoms with Gasteiger partial charge in [0.25, 0.3) is 5.91 Å². The first-order chi connectivity index (χ1) is 9.04. The standard InChI is InChI=1S/C13H17NO5/c1-8-6-10(9(2)19-8)12(15)14-4-5-18-7-11(14)13(16)17-3/h6,11H,4-5,7H2,1-3H3. The molecule has 1 amide bonds. The number of esters is 1. The number of methoxy groups -OCH3 is 1. The van der Waals surface area contributed by atoms with Crippen molar-refractivity contribution in [3.05, 3.63) is 23.2 Å². The molecule has 0 bridgehead atoms. The molecule has 0 aromatic carbocycles. The number of amides is 1. The summed E-state index contributed by atoms with van der Waals surface area (Å²) >= 11 is 0. The molecule has 104 valence electrons. The summed E-state index contributed by atoms with van der Waals surface area (Å²) in [4.78, 5) is 25.6. The van der Waals surface area contributed by atoms with Gasteiger partial charge in [0.2, 0.25) is 0 Å². The van der Waals surface area contributed by atoms with Crippen LogP contribution in [-0.2, 0) is 14.3 Å². The second-order valence-corrected chi connectivity index (χ2v) is 4.44. The molecule has 1 unspecified atom stereocenters. The normalized spacial score (nSPS) is 19.3. The first-order valence-corrected chi connectivity index (χ1v) is 6.08. The predicted octanol–water partition coefficient (Wildman–Crippen LogP) is 0.910. The minimum Gasteiger partial charge on any atom is -0.467 e. The van der Waals surface area contributed by atoms with E-state index in [-0.39, 0.29) is 12.5 Å².